The maximum absolute atomic E-state index is 5.00. The fourth-order valence-corrected chi connectivity index (χ4v) is 0.379. The van der Waals surface area contributed by atoms with Gasteiger partial charge in [-0.05, 0) is 12.1 Å². The van der Waals surface area contributed by atoms with E-state index in [9.17, 15) is 0 Å². The molecule has 1 heterocycles. The maximum Gasteiger partial charge on any atom is 0.162 e. The van der Waals surface area contributed by atoms with Crippen LogP contribution in [0.25, 0.3) is 0 Å². The van der Waals surface area contributed by atoms with Crippen molar-refractivity contribution in [1.82, 2.24) is 10.2 Å². The molecule has 0 amide bonds. The second-order valence-corrected chi connectivity index (χ2v) is 1.25. The van der Waals surface area contributed by atoms with Crippen molar-refractivity contribution in [2.45, 2.75) is 0 Å². The molecule has 0 bridgehead atoms. The van der Waals surface area contributed by atoms with E-state index in [0.717, 1.165) is 0 Å². The molecule has 0 saturated carbocycles. The van der Waals surface area contributed by atoms with Gasteiger partial charge in [0.1, 0.15) is 0 Å². The van der Waals surface area contributed by atoms with Gasteiger partial charge < -0.3 is 5.43 Å². The zero-order valence-electron chi connectivity index (χ0n) is 4.20. The third kappa shape index (κ3) is 0.913. The molecule has 42 valence electrons. The smallest absolute Gasteiger partial charge is 0.162 e. The van der Waals surface area contributed by atoms with Gasteiger partial charge in [-0.3, -0.25) is 0 Å². The normalized spacial score (nSPS) is 8.62. The fourth-order valence-electron chi connectivity index (χ4n) is 0.379. The standard InChI is InChI=1S/C4H6N4/c5-7-4-2-1-3-6-8-4/h1-3H,5H2,(H,7,8). The zero-order valence-corrected chi connectivity index (χ0v) is 4.20. The Morgan fingerprint density at radius 3 is 2.88 bits per heavy atom. The summed E-state index contributed by atoms with van der Waals surface area (Å²) >= 11 is 0. The first-order valence-electron chi connectivity index (χ1n) is 2.18. The van der Waals surface area contributed by atoms with Crippen molar-refractivity contribution in [3.63, 3.8) is 0 Å². The Hall–Kier alpha value is -1.16. The van der Waals surface area contributed by atoms with Crippen molar-refractivity contribution in [2.24, 2.45) is 5.84 Å². The molecule has 3 N–H and O–H groups in total. The molecule has 0 unspecified atom stereocenters. The SMILES string of the molecule is NNc1cccnn1. The van der Waals surface area contributed by atoms with E-state index in [1.807, 2.05) is 0 Å². The molecule has 0 spiro atoms. The molecule has 8 heavy (non-hydrogen) atoms. The van der Waals surface area contributed by atoms with Gasteiger partial charge >= 0.3 is 0 Å². The second kappa shape index (κ2) is 2.23. The minimum absolute atomic E-state index is 0.576. The van der Waals surface area contributed by atoms with Crippen LogP contribution < -0.4 is 11.3 Å². The number of aromatic nitrogens is 2. The molecular formula is C4H6N4. The number of hydrogen-bond acceptors (Lipinski definition) is 4. The number of nitrogens with zero attached hydrogens (tertiary/aromatic N) is 2. The van der Waals surface area contributed by atoms with Crippen LogP contribution >= 0.6 is 0 Å². The molecule has 0 aliphatic rings. The summed E-state index contributed by atoms with van der Waals surface area (Å²) in [5.74, 6) is 5.57. The lowest BCUT2D eigenvalue weighted by Gasteiger charge is -1.91. The van der Waals surface area contributed by atoms with Gasteiger partial charge in [0.15, 0.2) is 5.82 Å². The van der Waals surface area contributed by atoms with Crippen LogP contribution in [0.2, 0.25) is 0 Å². The van der Waals surface area contributed by atoms with E-state index in [1.54, 1.807) is 18.3 Å². The number of hydrogen-bond donors (Lipinski definition) is 2. The van der Waals surface area contributed by atoms with Crippen molar-refractivity contribution < 1.29 is 0 Å². The van der Waals surface area contributed by atoms with Gasteiger partial charge in [-0.2, -0.15) is 5.10 Å². The van der Waals surface area contributed by atoms with Crippen molar-refractivity contribution in [2.75, 3.05) is 5.43 Å². The molecule has 1 rings (SSSR count). The van der Waals surface area contributed by atoms with Crippen LogP contribution in [0.1, 0.15) is 0 Å². The molecular weight excluding hydrogens is 104 g/mol. The van der Waals surface area contributed by atoms with E-state index >= 15 is 0 Å². The Bertz CT molecular complexity index is 149. The Kier molecular flexibility index (Phi) is 1.39. The summed E-state index contributed by atoms with van der Waals surface area (Å²) < 4.78 is 0. The summed E-state index contributed by atoms with van der Waals surface area (Å²) in [6.45, 7) is 0. The topological polar surface area (TPSA) is 63.8 Å². The van der Waals surface area contributed by atoms with Crippen LogP contribution in [-0.2, 0) is 0 Å². The Balaban J connectivity index is 2.83. The molecule has 0 saturated heterocycles. The predicted molar refractivity (Wildman–Crippen MR) is 29.8 cm³/mol. The average Bonchev–Trinajstić information content (AvgIpc) is 1.90. The van der Waals surface area contributed by atoms with Crippen LogP contribution in [0.4, 0.5) is 5.82 Å². The minimum atomic E-state index is 0.576. The molecule has 1 aromatic rings. The largest absolute Gasteiger partial charge is 0.307 e. The summed E-state index contributed by atoms with van der Waals surface area (Å²) in [6.07, 6.45) is 1.58. The third-order valence-corrected chi connectivity index (χ3v) is 0.720. The van der Waals surface area contributed by atoms with Gasteiger partial charge in [0.2, 0.25) is 0 Å². The van der Waals surface area contributed by atoms with Crippen LogP contribution in [0.15, 0.2) is 18.3 Å². The highest BCUT2D eigenvalue weighted by molar-refractivity contribution is 5.28. The highest BCUT2D eigenvalue weighted by atomic mass is 15.3. The Morgan fingerprint density at radius 1 is 1.62 bits per heavy atom. The number of nitrogen functional groups attached to an aromatic ring is 1. The third-order valence-electron chi connectivity index (χ3n) is 0.720. The summed E-state index contributed by atoms with van der Waals surface area (Å²) in [4.78, 5) is 0. The molecule has 4 heteroatoms. The van der Waals surface area contributed by atoms with Gasteiger partial charge in [0, 0.05) is 6.20 Å². The van der Waals surface area contributed by atoms with Gasteiger partial charge in [-0.1, -0.05) is 0 Å². The quantitative estimate of drug-likeness (QED) is 0.387. The van der Waals surface area contributed by atoms with E-state index in [2.05, 4.69) is 15.6 Å². The van der Waals surface area contributed by atoms with E-state index < -0.39 is 0 Å². The lowest BCUT2D eigenvalue weighted by molar-refractivity contribution is 1.02. The van der Waals surface area contributed by atoms with Crippen molar-refractivity contribution >= 4 is 5.82 Å². The molecule has 4 nitrogen and oxygen atoms in total. The number of hydrazine groups is 1. The molecule has 0 aromatic carbocycles. The van der Waals surface area contributed by atoms with Gasteiger partial charge in [-0.15, -0.1) is 5.10 Å². The first kappa shape index (κ1) is 4.99. The minimum Gasteiger partial charge on any atom is -0.307 e. The Morgan fingerprint density at radius 2 is 2.50 bits per heavy atom. The predicted octanol–water partition coefficient (Wildman–Crippen LogP) is -0.238. The highest BCUT2D eigenvalue weighted by Crippen LogP contribution is 1.91. The van der Waals surface area contributed by atoms with Crippen molar-refractivity contribution in [3.8, 4) is 0 Å². The van der Waals surface area contributed by atoms with E-state index in [4.69, 9.17) is 5.84 Å². The molecule has 0 atom stereocenters. The molecule has 1 aromatic heterocycles. The lowest BCUT2D eigenvalue weighted by Crippen LogP contribution is -2.08. The van der Waals surface area contributed by atoms with E-state index in [0.29, 0.717) is 5.82 Å². The van der Waals surface area contributed by atoms with Gasteiger partial charge in [0.25, 0.3) is 0 Å². The number of nitrogens with two attached hydrogens (primary N) is 1. The van der Waals surface area contributed by atoms with E-state index in [1.165, 1.54) is 0 Å². The molecule has 0 aliphatic carbocycles. The molecule has 0 aliphatic heterocycles. The van der Waals surface area contributed by atoms with E-state index in [-0.39, 0.29) is 0 Å². The van der Waals surface area contributed by atoms with Gasteiger partial charge in [-0.25, -0.2) is 5.84 Å². The second-order valence-electron chi connectivity index (χ2n) is 1.25. The summed E-state index contributed by atoms with van der Waals surface area (Å²) in [5.41, 5.74) is 2.35. The average molecular weight is 110 g/mol. The van der Waals surface area contributed by atoms with Crippen molar-refractivity contribution in [1.29, 1.82) is 0 Å². The maximum atomic E-state index is 5.00. The van der Waals surface area contributed by atoms with Crippen LogP contribution in [0, 0.1) is 0 Å². The molecule has 0 radical (unpaired) electrons. The highest BCUT2D eigenvalue weighted by Gasteiger charge is 1.81. The first-order chi connectivity index (χ1) is 3.93. The van der Waals surface area contributed by atoms with Crippen LogP contribution in [0.3, 0.4) is 0 Å². The summed E-state index contributed by atoms with van der Waals surface area (Å²) in [7, 11) is 0. The van der Waals surface area contributed by atoms with Gasteiger partial charge in [0.05, 0.1) is 0 Å². The first-order valence-corrected chi connectivity index (χ1v) is 2.18. The van der Waals surface area contributed by atoms with Crippen molar-refractivity contribution in [3.05, 3.63) is 18.3 Å². The Labute approximate surface area is 46.7 Å². The monoisotopic (exact) mass is 110 g/mol. The fraction of sp³-hybridized carbons (Fsp3) is 0. The number of rotatable bonds is 1. The summed E-state index contributed by atoms with van der Waals surface area (Å²) in [6, 6.07) is 3.48. The number of nitrogens with one attached hydrogen (secondary N) is 1. The number of anilines is 1. The zero-order chi connectivity index (χ0) is 5.82. The summed E-state index contributed by atoms with van der Waals surface area (Å²) in [5, 5.41) is 7.17. The van der Waals surface area contributed by atoms with Crippen LogP contribution in [0.5, 0.6) is 0 Å². The van der Waals surface area contributed by atoms with Crippen LogP contribution in [-0.4, -0.2) is 10.2 Å². The molecule has 0 fully saturated rings. The lowest BCUT2D eigenvalue weighted by atomic mass is 10.5.